The molecule has 0 atom stereocenters. The van der Waals surface area contributed by atoms with Crippen LogP contribution in [0.5, 0.6) is 17.2 Å². The maximum atomic E-state index is 6.19. The van der Waals surface area contributed by atoms with Gasteiger partial charge in [0.2, 0.25) is 0 Å². The number of para-hydroxylation sites is 1. The van der Waals surface area contributed by atoms with Gasteiger partial charge in [-0.1, -0.05) is 436 Å². The molecular formula is C118H112O3Si2. The monoisotopic (exact) mass is 1630 g/mol. The molecule has 0 fully saturated rings. The van der Waals surface area contributed by atoms with Crippen molar-refractivity contribution in [2.75, 3.05) is 0 Å². The van der Waals surface area contributed by atoms with Crippen LogP contribution in [0.2, 0.25) is 11.1 Å². The van der Waals surface area contributed by atoms with E-state index < -0.39 is 16.1 Å². The van der Waals surface area contributed by atoms with Crippen molar-refractivity contribution in [3.63, 3.8) is 0 Å². The first-order valence-corrected chi connectivity index (χ1v) is 47.9. The smallest absolute Gasteiger partial charge is 0.152 e. The summed E-state index contributed by atoms with van der Waals surface area (Å²) in [5.74, 6) is 2.84. The second-order valence-corrected chi connectivity index (χ2v) is 43.0. The van der Waals surface area contributed by atoms with Crippen LogP contribution in [0.3, 0.4) is 0 Å². The molecule has 1 aliphatic rings. The molecule has 0 saturated carbocycles. The first-order valence-electron chi connectivity index (χ1n) is 43.7. The van der Waals surface area contributed by atoms with E-state index in [2.05, 4.69) is 476 Å². The molecule has 3 nitrogen and oxygen atoms in total. The van der Waals surface area contributed by atoms with Gasteiger partial charge in [-0.25, -0.2) is 0 Å². The number of rotatable bonds is 18. The lowest BCUT2D eigenvalue weighted by atomic mass is 9.81. The van der Waals surface area contributed by atoms with E-state index in [9.17, 15) is 0 Å². The fourth-order valence-corrected chi connectivity index (χ4v) is 29.2. The molecule has 123 heavy (non-hydrogen) atoms. The van der Waals surface area contributed by atoms with Gasteiger partial charge in [0.15, 0.2) is 16.1 Å². The molecule has 0 saturated heterocycles. The lowest BCUT2D eigenvalue weighted by Crippen LogP contribution is -2.69. The van der Waals surface area contributed by atoms with Crippen LogP contribution >= 0.6 is 0 Å². The third-order valence-electron chi connectivity index (χ3n) is 24.0. The molecule has 18 aromatic rings. The molecule has 0 heterocycles. The van der Waals surface area contributed by atoms with Crippen LogP contribution in [0.25, 0.3) is 98.7 Å². The van der Waals surface area contributed by atoms with Crippen molar-refractivity contribution < 1.29 is 14.2 Å². The topological polar surface area (TPSA) is 27.7 Å². The lowest BCUT2D eigenvalue weighted by molar-refractivity contribution is 0.242. The maximum Gasteiger partial charge on any atom is 0.152 e. The lowest BCUT2D eigenvalue weighted by Gasteiger charge is -2.39. The molecule has 19 rings (SSSR count). The minimum atomic E-state index is -2.33. The van der Waals surface area contributed by atoms with Crippen LogP contribution in [0, 0.1) is 0 Å². The van der Waals surface area contributed by atoms with Crippen LogP contribution in [0.1, 0.15) is 94.2 Å². The summed E-state index contributed by atoms with van der Waals surface area (Å²) in [6.45, 7) is 26.6. The average molecular weight is 1630 g/mol. The van der Waals surface area contributed by atoms with Gasteiger partial charge >= 0.3 is 0 Å². The van der Waals surface area contributed by atoms with Gasteiger partial charge in [0.1, 0.15) is 17.2 Å². The van der Waals surface area contributed by atoms with Gasteiger partial charge in [0.05, 0.1) is 18.3 Å². The molecule has 0 unspecified atom stereocenters. The summed E-state index contributed by atoms with van der Waals surface area (Å²) >= 11 is 0. The summed E-state index contributed by atoms with van der Waals surface area (Å²) in [6, 6.07) is 155. The Morgan fingerprint density at radius 3 is 1.02 bits per heavy atom. The Morgan fingerprint density at radius 1 is 0.211 bits per heavy atom. The van der Waals surface area contributed by atoms with Gasteiger partial charge in [-0.05, 0) is 219 Å². The number of hydrogen-bond donors (Lipinski definition) is 0. The van der Waals surface area contributed by atoms with Gasteiger partial charge < -0.3 is 14.2 Å². The van der Waals surface area contributed by atoms with Crippen molar-refractivity contribution in [1.29, 1.82) is 0 Å². The predicted molar refractivity (Wildman–Crippen MR) is 534 cm³/mol. The molecule has 0 spiro atoms. The van der Waals surface area contributed by atoms with Crippen molar-refractivity contribution in [1.82, 2.24) is 0 Å². The minimum absolute atomic E-state index is 0.0220. The van der Waals surface area contributed by atoms with E-state index in [-0.39, 0.29) is 23.7 Å². The largest absolute Gasteiger partial charge is 0.491 e. The van der Waals surface area contributed by atoms with E-state index in [1.165, 1.54) is 130 Å². The zero-order valence-electron chi connectivity index (χ0n) is 73.1. The van der Waals surface area contributed by atoms with Crippen molar-refractivity contribution in [3.05, 3.63) is 442 Å². The van der Waals surface area contributed by atoms with Gasteiger partial charge in [-0.2, -0.15) is 0 Å². The van der Waals surface area contributed by atoms with E-state index in [0.717, 1.165) is 28.4 Å². The fraction of sp³-hybridized carbons (Fsp3) is 0.153. The van der Waals surface area contributed by atoms with E-state index >= 15 is 0 Å². The molecule has 0 amide bonds. The summed E-state index contributed by atoms with van der Waals surface area (Å²) in [6.07, 6.45) is 0.526. The van der Waals surface area contributed by atoms with Crippen LogP contribution in [0.4, 0.5) is 0 Å². The predicted octanol–water partition coefficient (Wildman–Crippen LogP) is 28.1. The Balaban J connectivity index is 0.000000120. The van der Waals surface area contributed by atoms with Crippen LogP contribution in [-0.2, 0) is 5.41 Å². The molecule has 5 heteroatoms. The van der Waals surface area contributed by atoms with Crippen molar-refractivity contribution in [2.24, 2.45) is 0 Å². The third kappa shape index (κ3) is 18.5. The molecule has 0 aliphatic heterocycles. The van der Waals surface area contributed by atoms with Crippen molar-refractivity contribution >= 4 is 90.4 Å². The summed E-state index contributed by atoms with van der Waals surface area (Å²) in [5, 5.41) is 19.5. The highest BCUT2D eigenvalue weighted by Gasteiger charge is 2.45. The van der Waals surface area contributed by atoms with Gasteiger partial charge in [0.25, 0.3) is 0 Å². The second-order valence-electron chi connectivity index (χ2n) is 34.1. The highest BCUT2D eigenvalue weighted by atomic mass is 28.3. The van der Waals surface area contributed by atoms with E-state index in [1.807, 2.05) is 38.1 Å². The standard InChI is InChI=1S/C29H26Si.C25H24Si.C24H24O.C21H20O.C19H18O/c1-22(2)30(25-16-4-3-5-17-25,28-20-10-14-23-12-6-8-18-26(23)28)29-21-11-15-24-13-7-9-19-27(24)29;1-20(2)26(23-13-5-3-6-14-23,24-15-7-4-8-16-24)25-18-17-21-11-9-10-12-22(21)19-25;1-16(2)25-19-11-13-21-20-12-10-18(17-8-6-5-7-9-17)14-22(20)24(3,4)23(21)15-19;1-16(2)22-21-19(17-10-5-3-6-11-17)14-9-15-20(21)18-12-7-4-8-13-18;1-14(2)20-19-11-10-17-12-16(8-9-18(17)13-19)15-6-4-3-5-7-15/h3-22H,1-2H3;3-20H,1-2H3;5-16H,1-4H3;3-16H,1-2H3;3-14H,1-2H3. The van der Waals surface area contributed by atoms with Gasteiger partial charge in [-0.3, -0.25) is 0 Å². The Morgan fingerprint density at radius 2 is 0.545 bits per heavy atom. The minimum Gasteiger partial charge on any atom is -0.491 e. The summed E-state index contributed by atoms with van der Waals surface area (Å²) in [5.41, 5.74) is 16.1. The molecule has 610 valence electrons. The number of hydrogen-bond acceptors (Lipinski definition) is 3. The van der Waals surface area contributed by atoms with Gasteiger partial charge in [-0.15, -0.1) is 0 Å². The Hall–Kier alpha value is -13.2. The molecule has 0 bridgehead atoms. The first kappa shape index (κ1) is 84.8. The second kappa shape index (κ2) is 38.7. The van der Waals surface area contributed by atoms with Crippen LogP contribution < -0.4 is 45.3 Å². The highest BCUT2D eigenvalue weighted by molar-refractivity contribution is 7.14. The van der Waals surface area contributed by atoms with E-state index in [4.69, 9.17) is 14.2 Å². The summed E-state index contributed by atoms with van der Waals surface area (Å²) in [7, 11) is -4.45. The molecular weight excluding hydrogens is 1520 g/mol. The molecule has 0 aromatic heterocycles. The zero-order valence-corrected chi connectivity index (χ0v) is 75.1. The van der Waals surface area contributed by atoms with Crippen molar-refractivity contribution in [2.45, 2.75) is 118 Å². The summed E-state index contributed by atoms with van der Waals surface area (Å²) in [4.78, 5) is 0. The number of ether oxygens (including phenoxy) is 3. The highest BCUT2D eigenvalue weighted by Crippen LogP contribution is 2.51. The van der Waals surface area contributed by atoms with Gasteiger partial charge in [0, 0.05) is 16.5 Å². The Labute approximate surface area is 732 Å². The normalized spacial score (nSPS) is 12.0. The zero-order chi connectivity index (χ0) is 85.5. The first-order chi connectivity index (χ1) is 59.9. The average Bonchev–Trinajstić information content (AvgIpc) is 1.70. The third-order valence-corrected chi connectivity index (χ3v) is 35.0. The van der Waals surface area contributed by atoms with Crippen molar-refractivity contribution in [3.8, 4) is 72.9 Å². The number of fused-ring (bicyclic) bond motifs is 7. The number of benzene rings is 18. The van der Waals surface area contributed by atoms with Crippen LogP contribution in [0.15, 0.2) is 431 Å². The molecule has 0 N–H and O–H groups in total. The molecule has 1 aliphatic carbocycles. The summed E-state index contributed by atoms with van der Waals surface area (Å²) < 4.78 is 17.8. The Kier molecular flexibility index (Phi) is 26.7. The fourth-order valence-electron chi connectivity index (χ4n) is 18.4. The maximum absolute atomic E-state index is 6.19. The quantitative estimate of drug-likeness (QED) is 0.0633. The Bertz CT molecular complexity index is 6340. The SMILES string of the molecule is CC(C)Oc1c(-c2ccccc2)cccc1-c1ccccc1.CC(C)Oc1ccc2c(c1)C(C)(C)c1cc(-c3ccccc3)ccc1-2.CC(C)Oc1ccc2cc(-c3ccccc3)ccc2c1.CC(C)[Si](c1ccccc1)(c1cccc2ccccc12)c1cccc2ccccc12.CC(C)[Si](c1ccccc1)(c1ccccc1)c1ccc2ccccc2c1. The van der Waals surface area contributed by atoms with E-state index in [1.54, 1.807) is 0 Å². The van der Waals surface area contributed by atoms with E-state index in [0.29, 0.717) is 11.1 Å². The molecule has 18 aromatic carbocycles. The van der Waals surface area contributed by atoms with Crippen LogP contribution in [-0.4, -0.2) is 34.5 Å². The molecule has 0 radical (unpaired) electrons.